The Morgan fingerprint density at radius 1 is 1.09 bits per heavy atom. The molecule has 1 aliphatic rings. The van der Waals surface area contributed by atoms with Crippen LogP contribution in [0.4, 0.5) is 4.39 Å². The number of β-amino-alcohol motifs (C(OH)–C–C–N with tert-alkyl or cyclic N) is 1. The topological polar surface area (TPSA) is 61.8 Å². The molecule has 3 rings (SSSR count). The molecule has 0 spiro atoms. The highest BCUT2D eigenvalue weighted by molar-refractivity contribution is 5.79. The van der Waals surface area contributed by atoms with E-state index in [9.17, 15) is 14.3 Å². The lowest BCUT2D eigenvalue weighted by atomic mass is 9.80. The molecule has 2 aromatic rings. The van der Waals surface area contributed by atoms with Crippen LogP contribution in [0.5, 0.6) is 5.75 Å². The Morgan fingerprint density at radius 2 is 1.73 bits per heavy atom. The number of carbonyl (C=O) groups excluding carboxylic acids is 1. The number of benzene rings is 2. The Hall–Kier alpha value is -2.44. The predicted molar refractivity (Wildman–Crippen MR) is 128 cm³/mol. The van der Waals surface area contributed by atoms with Crippen LogP contribution in [0, 0.1) is 23.6 Å². The summed E-state index contributed by atoms with van der Waals surface area (Å²) in [6.45, 7) is 7.98. The van der Waals surface area contributed by atoms with Gasteiger partial charge in [0.05, 0.1) is 13.2 Å². The second kappa shape index (κ2) is 12.7. The molecule has 0 saturated carbocycles. The molecule has 0 unspecified atom stereocenters. The molecule has 0 aromatic heterocycles. The van der Waals surface area contributed by atoms with Crippen LogP contribution in [-0.4, -0.2) is 48.8 Å². The first-order valence-electron chi connectivity index (χ1n) is 12.0. The summed E-state index contributed by atoms with van der Waals surface area (Å²) in [5.74, 6) is 1.18. The van der Waals surface area contributed by atoms with Crippen molar-refractivity contribution in [2.24, 2.45) is 17.8 Å². The van der Waals surface area contributed by atoms with Crippen molar-refractivity contribution in [1.82, 2.24) is 10.2 Å². The number of nitrogens with zero attached hydrogens (tertiary/aromatic N) is 1. The molecule has 0 bridgehead atoms. The van der Waals surface area contributed by atoms with Crippen molar-refractivity contribution in [2.45, 2.75) is 39.7 Å². The van der Waals surface area contributed by atoms with Gasteiger partial charge in [-0.2, -0.15) is 0 Å². The van der Waals surface area contributed by atoms with Crippen molar-refractivity contribution in [1.29, 1.82) is 0 Å². The SMILES string of the molecule is CC(C)COc1ccc(CNC(=O)[C@@H](Cc2ccc(F)cc2)C2CCN(CCO)CC2)cc1. The fraction of sp³-hybridized carbons (Fsp3) is 0.519. The fourth-order valence-corrected chi connectivity index (χ4v) is 4.35. The van der Waals surface area contributed by atoms with Gasteiger partial charge in [-0.1, -0.05) is 38.1 Å². The monoisotopic (exact) mass is 456 g/mol. The molecule has 5 nitrogen and oxygen atoms in total. The van der Waals surface area contributed by atoms with E-state index >= 15 is 0 Å². The number of piperidine rings is 1. The minimum atomic E-state index is -0.266. The van der Waals surface area contributed by atoms with Crippen molar-refractivity contribution in [3.63, 3.8) is 0 Å². The number of likely N-dealkylation sites (tertiary alicyclic amines) is 1. The number of nitrogens with one attached hydrogen (secondary N) is 1. The summed E-state index contributed by atoms with van der Waals surface area (Å²) in [6.07, 6.45) is 2.43. The molecule has 1 heterocycles. The largest absolute Gasteiger partial charge is 0.493 e. The first kappa shape index (κ1) is 25.2. The van der Waals surface area contributed by atoms with E-state index in [1.54, 1.807) is 12.1 Å². The highest BCUT2D eigenvalue weighted by Gasteiger charge is 2.31. The lowest BCUT2D eigenvalue weighted by Gasteiger charge is -2.35. The van der Waals surface area contributed by atoms with Crippen LogP contribution in [0.15, 0.2) is 48.5 Å². The van der Waals surface area contributed by atoms with E-state index in [2.05, 4.69) is 24.1 Å². The van der Waals surface area contributed by atoms with Gasteiger partial charge in [-0.25, -0.2) is 4.39 Å². The van der Waals surface area contributed by atoms with E-state index in [0.29, 0.717) is 32.0 Å². The van der Waals surface area contributed by atoms with Crippen LogP contribution in [-0.2, 0) is 17.8 Å². The lowest BCUT2D eigenvalue weighted by Crippen LogP contribution is -2.42. The maximum atomic E-state index is 13.4. The molecule has 1 fully saturated rings. The molecule has 2 aromatic carbocycles. The van der Waals surface area contributed by atoms with Crippen LogP contribution in [0.25, 0.3) is 0 Å². The zero-order chi connectivity index (χ0) is 23.6. The summed E-state index contributed by atoms with van der Waals surface area (Å²) in [6, 6.07) is 14.3. The third kappa shape index (κ3) is 8.13. The number of hydrogen-bond donors (Lipinski definition) is 2. The van der Waals surface area contributed by atoms with Crippen molar-refractivity contribution >= 4 is 5.91 Å². The van der Waals surface area contributed by atoms with Gasteiger partial charge in [-0.05, 0) is 79.6 Å². The number of aliphatic hydroxyl groups excluding tert-OH is 1. The van der Waals surface area contributed by atoms with Gasteiger partial charge in [0.15, 0.2) is 0 Å². The average Bonchev–Trinajstić information content (AvgIpc) is 2.82. The van der Waals surface area contributed by atoms with E-state index in [0.717, 1.165) is 42.8 Å². The van der Waals surface area contributed by atoms with E-state index < -0.39 is 0 Å². The molecular formula is C27H37FN2O3. The Bertz CT molecular complexity index is 847. The Morgan fingerprint density at radius 3 is 2.33 bits per heavy atom. The fourth-order valence-electron chi connectivity index (χ4n) is 4.35. The van der Waals surface area contributed by atoms with Crippen LogP contribution >= 0.6 is 0 Å². The van der Waals surface area contributed by atoms with Crippen LogP contribution in [0.1, 0.15) is 37.8 Å². The first-order valence-corrected chi connectivity index (χ1v) is 12.0. The van der Waals surface area contributed by atoms with Crippen LogP contribution in [0.2, 0.25) is 0 Å². The maximum absolute atomic E-state index is 13.4. The number of hydrogen-bond acceptors (Lipinski definition) is 4. The Labute approximate surface area is 197 Å². The smallest absolute Gasteiger partial charge is 0.223 e. The highest BCUT2D eigenvalue weighted by atomic mass is 19.1. The summed E-state index contributed by atoms with van der Waals surface area (Å²) in [7, 11) is 0. The molecule has 1 aliphatic heterocycles. The molecule has 180 valence electrons. The minimum absolute atomic E-state index is 0.0417. The molecule has 1 atom stereocenters. The quantitative estimate of drug-likeness (QED) is 0.536. The van der Waals surface area contributed by atoms with Crippen molar-refractivity contribution in [2.75, 3.05) is 32.8 Å². The summed E-state index contributed by atoms with van der Waals surface area (Å²) in [4.78, 5) is 15.5. The van der Waals surface area contributed by atoms with E-state index in [4.69, 9.17) is 4.74 Å². The number of halogens is 1. The summed E-state index contributed by atoms with van der Waals surface area (Å²) < 4.78 is 19.1. The number of rotatable bonds is 11. The van der Waals surface area contributed by atoms with Crippen molar-refractivity contribution in [3.8, 4) is 5.75 Å². The predicted octanol–water partition coefficient (Wildman–Crippen LogP) is 4.04. The van der Waals surface area contributed by atoms with Gasteiger partial charge < -0.3 is 20.1 Å². The highest BCUT2D eigenvalue weighted by Crippen LogP contribution is 2.28. The second-order valence-electron chi connectivity index (χ2n) is 9.41. The molecule has 0 radical (unpaired) electrons. The van der Waals surface area contributed by atoms with Gasteiger partial charge in [-0.15, -0.1) is 0 Å². The maximum Gasteiger partial charge on any atom is 0.223 e. The summed E-state index contributed by atoms with van der Waals surface area (Å²) >= 11 is 0. The normalized spacial score (nSPS) is 16.0. The number of aliphatic hydroxyl groups is 1. The standard InChI is InChI=1S/C27H37FN2O3/c1-20(2)19-33-25-9-5-22(6-10-25)18-29-27(32)26(17-21-3-7-24(28)8-4-21)23-11-13-30(14-12-23)15-16-31/h3-10,20,23,26,31H,11-19H2,1-2H3,(H,29,32)/t26-/m0/s1. The molecule has 2 N–H and O–H groups in total. The zero-order valence-electron chi connectivity index (χ0n) is 19.8. The van der Waals surface area contributed by atoms with E-state index in [1.165, 1.54) is 12.1 Å². The molecule has 33 heavy (non-hydrogen) atoms. The Kier molecular flexibility index (Phi) is 9.70. The third-order valence-corrected chi connectivity index (χ3v) is 6.30. The molecule has 0 aliphatic carbocycles. The van der Waals surface area contributed by atoms with Gasteiger partial charge in [0.1, 0.15) is 11.6 Å². The molecule has 6 heteroatoms. The summed E-state index contributed by atoms with van der Waals surface area (Å²) in [5, 5.41) is 12.3. The van der Waals surface area contributed by atoms with Gasteiger partial charge >= 0.3 is 0 Å². The second-order valence-corrected chi connectivity index (χ2v) is 9.41. The van der Waals surface area contributed by atoms with E-state index in [1.807, 2.05) is 24.3 Å². The number of ether oxygens (including phenoxy) is 1. The van der Waals surface area contributed by atoms with Gasteiger partial charge in [-0.3, -0.25) is 4.79 Å². The Balaban J connectivity index is 1.61. The van der Waals surface area contributed by atoms with Crippen LogP contribution in [0.3, 0.4) is 0 Å². The van der Waals surface area contributed by atoms with E-state index in [-0.39, 0.29) is 30.2 Å². The number of amides is 1. The van der Waals surface area contributed by atoms with Crippen LogP contribution < -0.4 is 10.1 Å². The lowest BCUT2D eigenvalue weighted by molar-refractivity contribution is -0.127. The van der Waals surface area contributed by atoms with Gasteiger partial charge in [0, 0.05) is 19.0 Å². The average molecular weight is 457 g/mol. The molecule has 1 amide bonds. The first-order chi connectivity index (χ1) is 15.9. The van der Waals surface area contributed by atoms with Crippen molar-refractivity contribution < 1.29 is 19.0 Å². The number of carbonyl (C=O) groups is 1. The van der Waals surface area contributed by atoms with Gasteiger partial charge in [0.25, 0.3) is 0 Å². The van der Waals surface area contributed by atoms with Gasteiger partial charge in [0.2, 0.25) is 5.91 Å². The molecule has 1 saturated heterocycles. The zero-order valence-corrected chi connectivity index (χ0v) is 19.8. The van der Waals surface area contributed by atoms with Crippen molar-refractivity contribution in [3.05, 3.63) is 65.5 Å². The molecular weight excluding hydrogens is 419 g/mol. The minimum Gasteiger partial charge on any atom is -0.493 e. The third-order valence-electron chi connectivity index (χ3n) is 6.30. The summed E-state index contributed by atoms with van der Waals surface area (Å²) in [5.41, 5.74) is 2.00.